The van der Waals surface area contributed by atoms with Crippen molar-refractivity contribution in [1.29, 1.82) is 0 Å². The molecule has 0 unspecified atom stereocenters. The van der Waals surface area contributed by atoms with Crippen LogP contribution in [-0.2, 0) is 9.53 Å². The monoisotopic (exact) mass is 472 g/mol. The summed E-state index contributed by atoms with van der Waals surface area (Å²) in [5.41, 5.74) is 0.357. The number of aromatic nitrogens is 1. The predicted molar refractivity (Wildman–Crippen MR) is 113 cm³/mol. The lowest BCUT2D eigenvalue weighted by Crippen LogP contribution is -2.30. The third kappa shape index (κ3) is 6.22. The Morgan fingerprint density at radius 3 is 2.68 bits per heavy atom. The first kappa shape index (κ1) is 22.2. The molecule has 28 heavy (non-hydrogen) atoms. The molecular formula is C18H22BrClN4O4. The number of rotatable bonds is 7. The summed E-state index contributed by atoms with van der Waals surface area (Å²) in [7, 11) is 0. The van der Waals surface area contributed by atoms with Crippen LogP contribution < -0.4 is 16.0 Å². The molecule has 0 aliphatic carbocycles. The van der Waals surface area contributed by atoms with Gasteiger partial charge in [0.25, 0.3) is 5.91 Å². The van der Waals surface area contributed by atoms with Crippen LogP contribution in [0.1, 0.15) is 20.8 Å². The van der Waals surface area contributed by atoms with Crippen LogP contribution in [0.3, 0.4) is 0 Å². The Hall–Kier alpha value is -2.10. The van der Waals surface area contributed by atoms with E-state index in [-0.39, 0.29) is 17.4 Å². The van der Waals surface area contributed by atoms with Crippen LogP contribution in [0.15, 0.2) is 22.7 Å². The van der Waals surface area contributed by atoms with E-state index in [1.165, 1.54) is 0 Å². The smallest absolute Gasteiger partial charge is 0.407 e. The van der Waals surface area contributed by atoms with E-state index in [4.69, 9.17) is 16.3 Å². The van der Waals surface area contributed by atoms with E-state index in [9.17, 15) is 14.7 Å². The molecule has 1 aromatic heterocycles. The number of halogens is 2. The van der Waals surface area contributed by atoms with E-state index < -0.39 is 24.2 Å². The van der Waals surface area contributed by atoms with Crippen molar-refractivity contribution in [3.8, 4) is 0 Å². The van der Waals surface area contributed by atoms with Crippen molar-refractivity contribution < 1.29 is 19.4 Å². The third-order valence-corrected chi connectivity index (χ3v) is 4.29. The van der Waals surface area contributed by atoms with Gasteiger partial charge >= 0.3 is 6.09 Å². The van der Waals surface area contributed by atoms with Crippen molar-refractivity contribution in [1.82, 2.24) is 10.3 Å². The van der Waals surface area contributed by atoms with Crippen LogP contribution in [0.25, 0.3) is 10.9 Å². The fourth-order valence-corrected chi connectivity index (χ4v) is 2.89. The maximum absolute atomic E-state index is 12.2. The van der Waals surface area contributed by atoms with Crippen molar-refractivity contribution >= 4 is 61.8 Å². The second-order valence-corrected chi connectivity index (χ2v) is 7.91. The van der Waals surface area contributed by atoms with Crippen molar-refractivity contribution in [2.45, 2.75) is 26.4 Å². The van der Waals surface area contributed by atoms with Gasteiger partial charge in [-0.05, 0) is 39.0 Å². The summed E-state index contributed by atoms with van der Waals surface area (Å²) in [6.07, 6.45) is -0.689. The van der Waals surface area contributed by atoms with Crippen LogP contribution in [0.5, 0.6) is 0 Å². The second kappa shape index (κ2) is 9.40. The molecule has 0 bridgehead atoms. The summed E-state index contributed by atoms with van der Waals surface area (Å²) < 4.78 is 5.64. The van der Waals surface area contributed by atoms with Gasteiger partial charge in [0.05, 0.1) is 16.8 Å². The van der Waals surface area contributed by atoms with Crippen molar-refractivity contribution in [3.63, 3.8) is 0 Å². The summed E-state index contributed by atoms with van der Waals surface area (Å²) >= 11 is 9.69. The molecule has 1 aromatic carbocycles. The van der Waals surface area contributed by atoms with Crippen LogP contribution >= 0.6 is 27.5 Å². The maximum atomic E-state index is 12.2. The number of aliphatic hydroxyl groups is 1. The molecule has 0 aliphatic heterocycles. The van der Waals surface area contributed by atoms with E-state index in [0.29, 0.717) is 23.1 Å². The summed E-state index contributed by atoms with van der Waals surface area (Å²) in [6, 6.07) is 5.44. The number of hydrogen-bond acceptors (Lipinski definition) is 6. The Bertz CT molecular complexity index is 886. The zero-order chi connectivity index (χ0) is 20.9. The van der Waals surface area contributed by atoms with E-state index in [0.717, 1.165) is 4.47 Å². The highest BCUT2D eigenvalue weighted by atomic mass is 79.9. The number of anilines is 2. The molecule has 0 atom stereocenters. The number of nitrogens with zero attached hydrogens (tertiary/aromatic N) is 1. The first-order valence-electron chi connectivity index (χ1n) is 8.56. The molecule has 0 aliphatic rings. The second-order valence-electron chi connectivity index (χ2n) is 6.63. The van der Waals surface area contributed by atoms with Gasteiger partial charge < -0.3 is 25.8 Å². The molecule has 0 saturated carbocycles. The number of carbonyl (C=O) groups excluding carboxylic acids is 2. The third-order valence-electron chi connectivity index (χ3n) is 3.52. The molecule has 1 heterocycles. The molecule has 2 rings (SSSR count). The summed E-state index contributed by atoms with van der Waals surface area (Å²) in [6.45, 7) is 5.16. The highest BCUT2D eigenvalue weighted by Gasteiger charge is 2.20. The largest absolute Gasteiger partial charge is 0.439 e. The minimum absolute atomic E-state index is 0.0650. The van der Waals surface area contributed by atoms with Crippen molar-refractivity contribution in [2.24, 2.45) is 0 Å². The average molecular weight is 474 g/mol. The molecule has 10 heteroatoms. The summed E-state index contributed by atoms with van der Waals surface area (Å²) in [5.74, 6) is -0.572. The summed E-state index contributed by atoms with van der Waals surface area (Å²) in [5, 5.41) is 19.0. The Labute approximate surface area is 176 Å². The maximum Gasteiger partial charge on any atom is 0.407 e. The normalized spacial score (nSPS) is 11.2. The number of carbonyl (C=O) groups is 2. The van der Waals surface area contributed by atoms with Gasteiger partial charge in [-0.1, -0.05) is 27.5 Å². The molecule has 0 fully saturated rings. The minimum atomic E-state index is -1.000. The van der Waals surface area contributed by atoms with Crippen LogP contribution in [0.4, 0.5) is 16.2 Å². The first-order valence-corrected chi connectivity index (χ1v) is 9.73. The van der Waals surface area contributed by atoms with Gasteiger partial charge in [0.1, 0.15) is 5.69 Å². The van der Waals surface area contributed by atoms with E-state index >= 15 is 0 Å². The lowest BCUT2D eigenvalue weighted by Gasteiger charge is -2.22. The number of hydrogen-bond donors (Lipinski definition) is 4. The number of fused-ring (bicyclic) bond motifs is 1. The molecule has 0 saturated heterocycles. The molecule has 2 aromatic rings. The number of alkyl carbamates (subject to hydrolysis) is 1. The lowest BCUT2D eigenvalue weighted by atomic mass is 10.1. The zero-order valence-electron chi connectivity index (χ0n) is 15.7. The molecule has 152 valence electrons. The standard InChI is InChI=1S/C18H22BrClN4O4/c1-4-21-17(26)28-8-13(25)24-15-14(22-9-18(2,3)27)11-6-5-10(19)7-12(11)23-16(15)20/h5-7,27H,4,8-9H2,1-3H3,(H,21,26)(H,22,23)(H,24,25). The van der Waals surface area contributed by atoms with Gasteiger partial charge in [-0.25, -0.2) is 9.78 Å². The SMILES string of the molecule is CCNC(=O)OCC(=O)Nc1c(Cl)nc2cc(Br)ccc2c1NCC(C)(C)O. The minimum Gasteiger partial charge on any atom is -0.439 e. The number of benzene rings is 1. The zero-order valence-corrected chi connectivity index (χ0v) is 18.1. The summed E-state index contributed by atoms with van der Waals surface area (Å²) in [4.78, 5) is 27.9. The molecule has 8 nitrogen and oxygen atoms in total. The highest BCUT2D eigenvalue weighted by Crippen LogP contribution is 2.37. The molecule has 4 N–H and O–H groups in total. The van der Waals surface area contributed by atoms with Gasteiger partial charge in [-0.15, -0.1) is 0 Å². The van der Waals surface area contributed by atoms with Crippen molar-refractivity contribution in [3.05, 3.63) is 27.8 Å². The Balaban J connectivity index is 2.34. The fraction of sp³-hybridized carbons (Fsp3) is 0.389. The van der Waals surface area contributed by atoms with E-state index in [1.807, 2.05) is 12.1 Å². The Morgan fingerprint density at radius 1 is 1.32 bits per heavy atom. The Morgan fingerprint density at radius 2 is 2.04 bits per heavy atom. The number of ether oxygens (including phenoxy) is 1. The van der Waals surface area contributed by atoms with Crippen LogP contribution in [0, 0.1) is 0 Å². The Kier molecular flexibility index (Phi) is 7.45. The van der Waals surface area contributed by atoms with Gasteiger partial charge in [-0.2, -0.15) is 0 Å². The average Bonchev–Trinajstić information content (AvgIpc) is 2.59. The quantitative estimate of drug-likeness (QED) is 0.458. The van der Waals surface area contributed by atoms with E-state index in [2.05, 4.69) is 36.9 Å². The molecule has 0 radical (unpaired) electrons. The first-order chi connectivity index (χ1) is 13.1. The number of pyridine rings is 1. The predicted octanol–water partition coefficient (Wildman–Crippen LogP) is 3.52. The lowest BCUT2D eigenvalue weighted by molar-refractivity contribution is -0.118. The van der Waals surface area contributed by atoms with Crippen LogP contribution in [0.2, 0.25) is 5.15 Å². The van der Waals surface area contributed by atoms with Gasteiger partial charge in [0.2, 0.25) is 0 Å². The van der Waals surface area contributed by atoms with Crippen molar-refractivity contribution in [2.75, 3.05) is 30.3 Å². The van der Waals surface area contributed by atoms with Gasteiger partial charge in [0.15, 0.2) is 11.8 Å². The fourth-order valence-electron chi connectivity index (χ4n) is 2.31. The van der Waals surface area contributed by atoms with Gasteiger partial charge in [0, 0.05) is 22.9 Å². The van der Waals surface area contributed by atoms with Crippen LogP contribution in [-0.4, -0.2) is 47.4 Å². The topological polar surface area (TPSA) is 113 Å². The molecular weight excluding hydrogens is 452 g/mol. The number of amides is 2. The number of nitrogens with one attached hydrogen (secondary N) is 3. The van der Waals surface area contributed by atoms with Gasteiger partial charge in [-0.3, -0.25) is 4.79 Å². The highest BCUT2D eigenvalue weighted by molar-refractivity contribution is 9.10. The molecule has 0 spiro atoms. The van der Waals surface area contributed by atoms with E-state index in [1.54, 1.807) is 26.8 Å². The molecule has 2 amide bonds.